The van der Waals surface area contributed by atoms with Gasteiger partial charge in [0, 0.05) is 12.3 Å². The molecule has 1 aromatic heterocycles. The van der Waals surface area contributed by atoms with Crippen molar-refractivity contribution >= 4 is 10.8 Å². The molecule has 0 amide bonds. The van der Waals surface area contributed by atoms with E-state index in [2.05, 4.69) is 5.10 Å². The van der Waals surface area contributed by atoms with Crippen molar-refractivity contribution in [2.75, 3.05) is 0 Å². The first-order chi connectivity index (χ1) is 9.74. The fourth-order valence-electron chi connectivity index (χ4n) is 2.21. The van der Waals surface area contributed by atoms with Gasteiger partial charge in [0.15, 0.2) is 0 Å². The SMILES string of the molecule is O=c1cccnn1CC(O)c1ccc2ccccc2c1. The van der Waals surface area contributed by atoms with Gasteiger partial charge in [-0.3, -0.25) is 4.79 Å². The first-order valence-corrected chi connectivity index (χ1v) is 6.43. The highest BCUT2D eigenvalue weighted by atomic mass is 16.3. The van der Waals surface area contributed by atoms with Crippen LogP contribution in [0.15, 0.2) is 65.6 Å². The molecule has 3 rings (SSSR count). The third-order valence-corrected chi connectivity index (χ3v) is 3.29. The zero-order valence-corrected chi connectivity index (χ0v) is 10.8. The van der Waals surface area contributed by atoms with Crippen molar-refractivity contribution in [3.8, 4) is 0 Å². The molecule has 0 aliphatic rings. The molecular weight excluding hydrogens is 252 g/mol. The molecule has 100 valence electrons. The van der Waals surface area contributed by atoms with Crippen molar-refractivity contribution in [2.45, 2.75) is 12.6 Å². The lowest BCUT2D eigenvalue weighted by molar-refractivity contribution is 0.149. The van der Waals surface area contributed by atoms with E-state index in [0.29, 0.717) is 0 Å². The minimum atomic E-state index is -0.757. The molecule has 20 heavy (non-hydrogen) atoms. The second kappa shape index (κ2) is 5.27. The number of hydrogen-bond donors (Lipinski definition) is 1. The Morgan fingerprint density at radius 2 is 1.85 bits per heavy atom. The quantitative estimate of drug-likeness (QED) is 0.790. The van der Waals surface area contributed by atoms with Crippen LogP contribution in [0, 0.1) is 0 Å². The van der Waals surface area contributed by atoms with Gasteiger partial charge in [-0.1, -0.05) is 36.4 Å². The molecule has 0 aliphatic heterocycles. The van der Waals surface area contributed by atoms with Gasteiger partial charge in [-0.15, -0.1) is 0 Å². The topological polar surface area (TPSA) is 55.1 Å². The summed E-state index contributed by atoms with van der Waals surface area (Å²) in [6, 6.07) is 16.8. The molecule has 2 aromatic carbocycles. The number of aliphatic hydroxyl groups is 1. The normalized spacial score (nSPS) is 12.4. The van der Waals surface area contributed by atoms with Crippen LogP contribution in [0.4, 0.5) is 0 Å². The molecule has 0 radical (unpaired) electrons. The standard InChI is InChI=1S/C16H14N2O2/c19-15(11-18-16(20)6-3-9-17-18)14-8-7-12-4-1-2-5-13(12)10-14/h1-10,15,19H,11H2. The van der Waals surface area contributed by atoms with E-state index in [1.807, 2.05) is 42.5 Å². The highest BCUT2D eigenvalue weighted by Crippen LogP contribution is 2.20. The van der Waals surface area contributed by atoms with E-state index in [-0.39, 0.29) is 12.1 Å². The molecule has 1 atom stereocenters. The molecule has 0 saturated heterocycles. The summed E-state index contributed by atoms with van der Waals surface area (Å²) in [4.78, 5) is 11.6. The Morgan fingerprint density at radius 1 is 1.05 bits per heavy atom. The van der Waals surface area contributed by atoms with Crippen molar-refractivity contribution in [1.29, 1.82) is 0 Å². The summed E-state index contributed by atoms with van der Waals surface area (Å²) in [5.74, 6) is 0. The first kappa shape index (κ1) is 12.6. The third-order valence-electron chi connectivity index (χ3n) is 3.29. The largest absolute Gasteiger partial charge is 0.386 e. The minimum Gasteiger partial charge on any atom is -0.386 e. The van der Waals surface area contributed by atoms with E-state index < -0.39 is 6.10 Å². The van der Waals surface area contributed by atoms with Gasteiger partial charge in [0.2, 0.25) is 0 Å². The fraction of sp³-hybridized carbons (Fsp3) is 0.125. The van der Waals surface area contributed by atoms with Gasteiger partial charge >= 0.3 is 0 Å². The molecule has 4 heteroatoms. The lowest BCUT2D eigenvalue weighted by Crippen LogP contribution is -2.24. The maximum atomic E-state index is 11.6. The third kappa shape index (κ3) is 2.46. The predicted molar refractivity (Wildman–Crippen MR) is 77.4 cm³/mol. The van der Waals surface area contributed by atoms with Crippen LogP contribution in [-0.2, 0) is 6.54 Å². The van der Waals surface area contributed by atoms with Crippen molar-refractivity contribution in [3.63, 3.8) is 0 Å². The van der Waals surface area contributed by atoms with E-state index in [9.17, 15) is 9.90 Å². The molecule has 3 aromatic rings. The van der Waals surface area contributed by atoms with Crippen LogP contribution in [0.25, 0.3) is 10.8 Å². The first-order valence-electron chi connectivity index (χ1n) is 6.43. The van der Waals surface area contributed by atoms with Gasteiger partial charge in [0.1, 0.15) is 0 Å². The van der Waals surface area contributed by atoms with Crippen molar-refractivity contribution in [2.24, 2.45) is 0 Å². The number of fused-ring (bicyclic) bond motifs is 1. The van der Waals surface area contributed by atoms with Crippen LogP contribution in [-0.4, -0.2) is 14.9 Å². The van der Waals surface area contributed by atoms with Gasteiger partial charge in [0.25, 0.3) is 5.56 Å². The molecule has 1 heterocycles. The molecule has 4 nitrogen and oxygen atoms in total. The van der Waals surface area contributed by atoms with Crippen molar-refractivity contribution in [1.82, 2.24) is 9.78 Å². The van der Waals surface area contributed by atoms with Crippen molar-refractivity contribution < 1.29 is 5.11 Å². The smallest absolute Gasteiger partial charge is 0.266 e. The van der Waals surface area contributed by atoms with E-state index in [1.165, 1.54) is 16.9 Å². The Bertz CT molecular complexity index is 795. The molecular formula is C16H14N2O2. The Kier molecular flexibility index (Phi) is 3.31. The Hall–Kier alpha value is -2.46. The van der Waals surface area contributed by atoms with Gasteiger partial charge in [-0.25, -0.2) is 4.68 Å². The number of rotatable bonds is 3. The van der Waals surface area contributed by atoms with Gasteiger partial charge in [-0.2, -0.15) is 5.10 Å². The summed E-state index contributed by atoms with van der Waals surface area (Å²) in [7, 11) is 0. The number of aliphatic hydroxyl groups excluding tert-OH is 1. The van der Waals surface area contributed by atoms with Crippen LogP contribution >= 0.6 is 0 Å². The highest BCUT2D eigenvalue weighted by Gasteiger charge is 2.10. The van der Waals surface area contributed by atoms with Crippen molar-refractivity contribution in [3.05, 3.63) is 76.7 Å². The fourth-order valence-corrected chi connectivity index (χ4v) is 2.21. The van der Waals surface area contributed by atoms with E-state index in [0.717, 1.165) is 16.3 Å². The predicted octanol–water partition coefficient (Wildman–Crippen LogP) is 2.13. The molecule has 0 saturated carbocycles. The Balaban J connectivity index is 1.91. The molecule has 0 aliphatic carbocycles. The van der Waals surface area contributed by atoms with Crippen LogP contribution in [0.5, 0.6) is 0 Å². The number of benzene rings is 2. The molecule has 0 bridgehead atoms. The van der Waals surface area contributed by atoms with E-state index in [1.54, 1.807) is 6.07 Å². The van der Waals surface area contributed by atoms with E-state index in [4.69, 9.17) is 0 Å². The summed E-state index contributed by atoms with van der Waals surface area (Å²) in [5, 5.41) is 16.4. The summed E-state index contributed by atoms with van der Waals surface area (Å²) < 4.78 is 1.26. The average molecular weight is 266 g/mol. The second-order valence-corrected chi connectivity index (χ2v) is 4.67. The molecule has 0 spiro atoms. The summed E-state index contributed by atoms with van der Waals surface area (Å²) in [6.07, 6.45) is 0.779. The monoisotopic (exact) mass is 266 g/mol. The van der Waals surface area contributed by atoms with Gasteiger partial charge in [-0.05, 0) is 28.5 Å². The van der Waals surface area contributed by atoms with Gasteiger partial charge in [0.05, 0.1) is 12.6 Å². The number of hydrogen-bond acceptors (Lipinski definition) is 3. The van der Waals surface area contributed by atoms with Crippen LogP contribution < -0.4 is 5.56 Å². The maximum absolute atomic E-state index is 11.6. The molecule has 1 unspecified atom stereocenters. The lowest BCUT2D eigenvalue weighted by Gasteiger charge is -2.12. The lowest BCUT2D eigenvalue weighted by atomic mass is 10.0. The average Bonchev–Trinajstić information content (AvgIpc) is 2.49. The molecule has 0 fully saturated rings. The molecule has 1 N–H and O–H groups in total. The van der Waals surface area contributed by atoms with Gasteiger partial charge < -0.3 is 5.11 Å². The second-order valence-electron chi connectivity index (χ2n) is 4.67. The minimum absolute atomic E-state index is 0.151. The Morgan fingerprint density at radius 3 is 2.65 bits per heavy atom. The van der Waals surface area contributed by atoms with E-state index >= 15 is 0 Å². The van der Waals surface area contributed by atoms with Crippen LogP contribution in [0.3, 0.4) is 0 Å². The maximum Gasteiger partial charge on any atom is 0.266 e. The van der Waals surface area contributed by atoms with Crippen LogP contribution in [0.2, 0.25) is 0 Å². The highest BCUT2D eigenvalue weighted by molar-refractivity contribution is 5.83. The summed E-state index contributed by atoms with van der Waals surface area (Å²) in [6.45, 7) is 0.151. The number of aromatic nitrogens is 2. The summed E-state index contributed by atoms with van der Waals surface area (Å²) >= 11 is 0. The summed E-state index contributed by atoms with van der Waals surface area (Å²) in [5.41, 5.74) is 0.564. The Labute approximate surface area is 115 Å². The zero-order chi connectivity index (χ0) is 13.9. The number of nitrogens with zero attached hydrogens (tertiary/aromatic N) is 2. The zero-order valence-electron chi connectivity index (χ0n) is 10.8. The van der Waals surface area contributed by atoms with Crippen LogP contribution in [0.1, 0.15) is 11.7 Å².